The molecule has 1 aliphatic heterocycles. The van der Waals surface area contributed by atoms with E-state index < -0.39 is 16.9 Å². The maximum atomic E-state index is 12.7. The topological polar surface area (TPSA) is 107 Å². The molecule has 188 valence electrons. The quantitative estimate of drug-likeness (QED) is 0.474. The lowest BCUT2D eigenvalue weighted by molar-refractivity contribution is -0.135. The first-order chi connectivity index (χ1) is 17.4. The number of benzene rings is 2. The second kappa shape index (κ2) is 10.1. The smallest absolute Gasteiger partial charge is 0.329 e. The number of anilines is 2. The van der Waals surface area contributed by atoms with Gasteiger partial charge in [0.05, 0.1) is 5.60 Å². The van der Waals surface area contributed by atoms with Crippen molar-refractivity contribution in [1.82, 2.24) is 14.5 Å². The van der Waals surface area contributed by atoms with Crippen molar-refractivity contribution in [3.05, 3.63) is 92.1 Å². The summed E-state index contributed by atoms with van der Waals surface area (Å²) < 4.78 is 1.13. The molecule has 1 aliphatic carbocycles. The fraction of sp³-hybridized carbons (Fsp3) is 0.393. The Morgan fingerprint density at radius 1 is 1.00 bits per heavy atom. The van der Waals surface area contributed by atoms with E-state index in [4.69, 9.17) is 0 Å². The summed E-state index contributed by atoms with van der Waals surface area (Å²) in [7, 11) is 0. The predicted octanol–water partition coefficient (Wildman–Crippen LogP) is 3.06. The lowest BCUT2D eigenvalue weighted by Gasteiger charge is -2.38. The summed E-state index contributed by atoms with van der Waals surface area (Å²) in [5.74, 6) is 0.332. The maximum absolute atomic E-state index is 12.7. The number of nitrogens with zero attached hydrogens (tertiary/aromatic N) is 2. The Hall–Kier alpha value is -3.65. The highest BCUT2D eigenvalue weighted by Gasteiger charge is 2.35. The largest absolute Gasteiger partial charge is 0.385 e. The van der Waals surface area contributed by atoms with E-state index in [0.717, 1.165) is 35.1 Å². The van der Waals surface area contributed by atoms with Crippen LogP contribution < -0.4 is 16.6 Å². The van der Waals surface area contributed by atoms with Gasteiger partial charge in [-0.1, -0.05) is 36.4 Å². The minimum atomic E-state index is -0.909. The molecule has 0 unspecified atom stereocenters. The summed E-state index contributed by atoms with van der Waals surface area (Å²) in [4.78, 5) is 42.4. The van der Waals surface area contributed by atoms with Crippen LogP contribution in [0, 0.1) is 0 Å². The van der Waals surface area contributed by atoms with Gasteiger partial charge in [0, 0.05) is 37.8 Å². The number of rotatable bonds is 7. The third-order valence-electron chi connectivity index (χ3n) is 7.42. The molecule has 8 nitrogen and oxygen atoms in total. The van der Waals surface area contributed by atoms with Gasteiger partial charge in [0.25, 0.3) is 5.56 Å². The summed E-state index contributed by atoms with van der Waals surface area (Å²) in [6, 6.07) is 17.1. The highest BCUT2D eigenvalue weighted by Crippen LogP contribution is 2.32. The van der Waals surface area contributed by atoms with Gasteiger partial charge in [0.2, 0.25) is 5.91 Å². The van der Waals surface area contributed by atoms with Crippen molar-refractivity contribution < 1.29 is 9.90 Å². The van der Waals surface area contributed by atoms with Gasteiger partial charge in [-0.05, 0) is 67.3 Å². The molecule has 2 heterocycles. The molecular formula is C28H32N4O4. The molecule has 8 heteroatoms. The zero-order valence-electron chi connectivity index (χ0n) is 20.3. The molecule has 1 saturated heterocycles. The van der Waals surface area contributed by atoms with Gasteiger partial charge in [-0.15, -0.1) is 0 Å². The number of carbonyl (C=O) groups is 1. The molecule has 36 heavy (non-hydrogen) atoms. The first-order valence-electron chi connectivity index (χ1n) is 12.7. The average Bonchev–Trinajstić information content (AvgIpc) is 3.34. The van der Waals surface area contributed by atoms with E-state index in [-0.39, 0.29) is 18.9 Å². The van der Waals surface area contributed by atoms with Gasteiger partial charge in [-0.3, -0.25) is 19.1 Å². The zero-order valence-corrected chi connectivity index (χ0v) is 20.3. The number of hydrogen-bond donors (Lipinski definition) is 3. The summed E-state index contributed by atoms with van der Waals surface area (Å²) in [5.41, 5.74) is 2.58. The van der Waals surface area contributed by atoms with Crippen molar-refractivity contribution in [1.29, 1.82) is 0 Å². The van der Waals surface area contributed by atoms with Crippen LogP contribution in [0.5, 0.6) is 0 Å². The van der Waals surface area contributed by atoms with E-state index in [1.54, 1.807) is 4.90 Å². The molecule has 2 aromatic carbocycles. The third-order valence-corrected chi connectivity index (χ3v) is 7.42. The molecule has 3 N–H and O–H groups in total. The van der Waals surface area contributed by atoms with Gasteiger partial charge in [0.1, 0.15) is 5.82 Å². The molecular weight excluding hydrogens is 456 g/mol. The van der Waals surface area contributed by atoms with Crippen LogP contribution in [0.4, 0.5) is 11.5 Å². The van der Waals surface area contributed by atoms with Gasteiger partial charge < -0.3 is 15.3 Å². The highest BCUT2D eigenvalue weighted by molar-refractivity contribution is 5.76. The molecule has 1 aromatic heterocycles. The standard InChI is InChI=1S/C28H32N4O4/c33-25(31-16-13-28(36,14-17-31)22-8-2-1-3-9-22)10-5-15-32-26(34)19-24(30-27(32)35)29-23-12-11-20-6-4-7-21(20)18-23/h1-3,8-9,11-12,18-19,29,36H,4-7,10,13-17H2,(H,30,35). The Bertz CT molecular complexity index is 1320. The second-order valence-corrected chi connectivity index (χ2v) is 9.82. The van der Waals surface area contributed by atoms with Crippen molar-refractivity contribution in [3.8, 4) is 0 Å². The van der Waals surface area contributed by atoms with Gasteiger partial charge in [-0.25, -0.2) is 4.79 Å². The van der Waals surface area contributed by atoms with E-state index in [9.17, 15) is 19.5 Å². The highest BCUT2D eigenvalue weighted by atomic mass is 16.3. The van der Waals surface area contributed by atoms with E-state index in [1.807, 2.05) is 36.4 Å². The number of piperidine rings is 1. The second-order valence-electron chi connectivity index (χ2n) is 9.82. The molecule has 5 rings (SSSR count). The molecule has 3 aromatic rings. The monoisotopic (exact) mass is 488 g/mol. The lowest BCUT2D eigenvalue weighted by Crippen LogP contribution is -2.45. The molecule has 0 saturated carbocycles. The Morgan fingerprint density at radius 2 is 1.75 bits per heavy atom. The number of aliphatic hydroxyl groups is 1. The zero-order chi connectivity index (χ0) is 25.1. The van der Waals surface area contributed by atoms with Crippen LogP contribution in [-0.2, 0) is 29.8 Å². The molecule has 0 atom stereocenters. The summed E-state index contributed by atoms with van der Waals surface area (Å²) in [6.07, 6.45) is 4.90. The molecule has 1 amide bonds. The van der Waals surface area contributed by atoms with E-state index in [0.29, 0.717) is 38.2 Å². The summed E-state index contributed by atoms with van der Waals surface area (Å²) >= 11 is 0. The lowest BCUT2D eigenvalue weighted by atomic mass is 9.84. The number of aromatic amines is 1. The number of amides is 1. The summed E-state index contributed by atoms with van der Waals surface area (Å²) in [5, 5.41) is 14.1. The molecule has 1 fully saturated rings. The minimum absolute atomic E-state index is 0.0236. The van der Waals surface area contributed by atoms with E-state index >= 15 is 0 Å². The first kappa shape index (κ1) is 24.1. The van der Waals surface area contributed by atoms with Crippen LogP contribution in [0.25, 0.3) is 0 Å². The molecule has 0 spiro atoms. The Labute approximate surface area is 209 Å². The Balaban J connectivity index is 1.14. The number of H-pyrrole nitrogens is 1. The van der Waals surface area contributed by atoms with Crippen molar-refractivity contribution in [2.45, 2.75) is 57.1 Å². The van der Waals surface area contributed by atoms with Crippen LogP contribution in [0.15, 0.2) is 64.2 Å². The number of nitrogens with one attached hydrogen (secondary N) is 2. The van der Waals surface area contributed by atoms with Crippen LogP contribution in [-0.4, -0.2) is 38.6 Å². The van der Waals surface area contributed by atoms with Crippen molar-refractivity contribution in [2.75, 3.05) is 18.4 Å². The SMILES string of the molecule is O=C(CCCn1c(=O)cc(Nc2ccc3c(c2)CCC3)[nH]c1=O)N1CCC(O)(c2ccccc2)CC1. The van der Waals surface area contributed by atoms with Gasteiger partial charge >= 0.3 is 5.69 Å². The third kappa shape index (κ3) is 5.14. The fourth-order valence-corrected chi connectivity index (χ4v) is 5.31. The average molecular weight is 489 g/mol. The molecule has 0 bridgehead atoms. The molecule has 0 radical (unpaired) electrons. The van der Waals surface area contributed by atoms with Crippen LogP contribution in [0.3, 0.4) is 0 Å². The number of aryl methyl sites for hydroxylation is 2. The van der Waals surface area contributed by atoms with E-state index in [2.05, 4.69) is 22.4 Å². The van der Waals surface area contributed by atoms with Crippen LogP contribution >= 0.6 is 0 Å². The summed E-state index contributed by atoms with van der Waals surface area (Å²) in [6.45, 7) is 1.13. The van der Waals surface area contributed by atoms with Crippen LogP contribution in [0.1, 0.15) is 48.8 Å². The Kier molecular flexibility index (Phi) is 6.78. The van der Waals surface area contributed by atoms with Gasteiger partial charge in [-0.2, -0.15) is 0 Å². The maximum Gasteiger partial charge on any atom is 0.329 e. The van der Waals surface area contributed by atoms with Crippen molar-refractivity contribution in [2.24, 2.45) is 0 Å². The van der Waals surface area contributed by atoms with Crippen LogP contribution in [0.2, 0.25) is 0 Å². The number of likely N-dealkylation sites (tertiary alicyclic amines) is 1. The predicted molar refractivity (Wildman–Crippen MR) is 138 cm³/mol. The number of aromatic nitrogens is 2. The normalized spacial score (nSPS) is 16.5. The first-order valence-corrected chi connectivity index (χ1v) is 12.7. The molecule has 2 aliphatic rings. The fourth-order valence-electron chi connectivity index (χ4n) is 5.31. The number of carbonyl (C=O) groups excluding carboxylic acids is 1. The van der Waals surface area contributed by atoms with Crippen molar-refractivity contribution >= 4 is 17.4 Å². The Morgan fingerprint density at radius 3 is 2.50 bits per heavy atom. The van der Waals surface area contributed by atoms with E-state index in [1.165, 1.54) is 17.2 Å². The van der Waals surface area contributed by atoms with Gasteiger partial charge in [0.15, 0.2) is 0 Å². The number of hydrogen-bond acceptors (Lipinski definition) is 5. The number of fused-ring (bicyclic) bond motifs is 1. The minimum Gasteiger partial charge on any atom is -0.385 e. The van der Waals surface area contributed by atoms with Crippen molar-refractivity contribution in [3.63, 3.8) is 0 Å².